The first-order chi connectivity index (χ1) is 9.65. The summed E-state index contributed by atoms with van der Waals surface area (Å²) >= 11 is 0. The maximum absolute atomic E-state index is 12.6. The summed E-state index contributed by atoms with van der Waals surface area (Å²) in [5.41, 5.74) is -0.204. The summed E-state index contributed by atoms with van der Waals surface area (Å²) in [5.74, 6) is 0.690. The molecule has 0 N–H and O–H groups in total. The fraction of sp³-hybridized carbons (Fsp3) is 0.875. The minimum absolute atomic E-state index is 0.112. The monoisotopic (exact) mass is 279 g/mol. The lowest BCUT2D eigenvalue weighted by atomic mass is 9.77. The van der Waals surface area contributed by atoms with E-state index >= 15 is 0 Å². The van der Waals surface area contributed by atoms with Crippen molar-refractivity contribution in [3.05, 3.63) is 0 Å². The van der Waals surface area contributed by atoms with Gasteiger partial charge in [-0.2, -0.15) is 0 Å². The lowest BCUT2D eigenvalue weighted by Gasteiger charge is -2.41. The van der Waals surface area contributed by atoms with Gasteiger partial charge in [0, 0.05) is 32.0 Å². The van der Waals surface area contributed by atoms with E-state index in [1.54, 1.807) is 7.11 Å². The standard InChI is InChI=1S/C16H25NO3/c1-20-16(8-4-9-16)11-15(19)17-10-3-6-13(17)12-5-2-7-14(12)18/h12-13H,2-11H2,1H3. The van der Waals surface area contributed by atoms with Crippen molar-refractivity contribution in [3.8, 4) is 0 Å². The molecule has 112 valence electrons. The van der Waals surface area contributed by atoms with Crippen molar-refractivity contribution >= 4 is 11.7 Å². The van der Waals surface area contributed by atoms with E-state index in [9.17, 15) is 9.59 Å². The molecule has 2 saturated carbocycles. The Balaban J connectivity index is 1.65. The van der Waals surface area contributed by atoms with E-state index in [0.29, 0.717) is 18.6 Å². The number of likely N-dealkylation sites (tertiary alicyclic amines) is 1. The van der Waals surface area contributed by atoms with E-state index in [2.05, 4.69) is 0 Å². The molecule has 0 aromatic heterocycles. The number of nitrogens with zero attached hydrogens (tertiary/aromatic N) is 1. The number of ether oxygens (including phenoxy) is 1. The predicted octanol–water partition coefficient (Wildman–Crippen LogP) is 2.31. The molecule has 1 saturated heterocycles. The average Bonchev–Trinajstić information content (AvgIpc) is 3.01. The molecule has 4 nitrogen and oxygen atoms in total. The van der Waals surface area contributed by atoms with Gasteiger partial charge in [0.05, 0.1) is 12.0 Å². The molecule has 20 heavy (non-hydrogen) atoms. The van der Waals surface area contributed by atoms with E-state index in [0.717, 1.165) is 51.5 Å². The van der Waals surface area contributed by atoms with Crippen molar-refractivity contribution in [2.24, 2.45) is 5.92 Å². The van der Waals surface area contributed by atoms with Crippen LogP contribution in [0.1, 0.15) is 57.8 Å². The Hall–Kier alpha value is -0.900. The highest BCUT2D eigenvalue weighted by Crippen LogP contribution is 2.40. The molecule has 3 aliphatic rings. The number of hydrogen-bond acceptors (Lipinski definition) is 3. The minimum Gasteiger partial charge on any atom is -0.378 e. The molecule has 1 aliphatic heterocycles. The van der Waals surface area contributed by atoms with E-state index in [1.807, 2.05) is 4.90 Å². The molecule has 0 bridgehead atoms. The second-order valence-corrected chi connectivity index (χ2v) is 6.68. The summed E-state index contributed by atoms with van der Waals surface area (Å²) in [7, 11) is 1.72. The second-order valence-electron chi connectivity index (χ2n) is 6.68. The van der Waals surface area contributed by atoms with Crippen LogP contribution in [0.5, 0.6) is 0 Å². The summed E-state index contributed by atoms with van der Waals surface area (Å²) < 4.78 is 5.57. The van der Waals surface area contributed by atoms with Gasteiger partial charge in [0.15, 0.2) is 0 Å². The fourth-order valence-corrected chi connectivity index (χ4v) is 4.17. The fourth-order valence-electron chi connectivity index (χ4n) is 4.17. The number of rotatable bonds is 4. The first-order valence-electron chi connectivity index (χ1n) is 8.02. The van der Waals surface area contributed by atoms with Crippen LogP contribution in [-0.4, -0.2) is 41.9 Å². The second kappa shape index (κ2) is 5.47. The zero-order valence-corrected chi connectivity index (χ0v) is 12.4. The quantitative estimate of drug-likeness (QED) is 0.793. The molecular formula is C16H25NO3. The molecule has 0 radical (unpaired) electrons. The molecule has 1 heterocycles. The van der Waals surface area contributed by atoms with Crippen molar-refractivity contribution in [1.82, 2.24) is 4.90 Å². The van der Waals surface area contributed by atoms with Crippen LogP contribution in [0.15, 0.2) is 0 Å². The van der Waals surface area contributed by atoms with Gasteiger partial charge in [-0.25, -0.2) is 0 Å². The number of Topliss-reactive ketones (excluding diaryl/α,β-unsaturated/α-hetero) is 1. The first kappa shape index (κ1) is 14.1. The highest BCUT2D eigenvalue weighted by Gasteiger charge is 2.44. The smallest absolute Gasteiger partial charge is 0.225 e. The summed E-state index contributed by atoms with van der Waals surface area (Å²) in [6, 6.07) is 0.173. The van der Waals surface area contributed by atoms with Gasteiger partial charge in [0.1, 0.15) is 5.78 Å². The molecule has 0 aromatic rings. The highest BCUT2D eigenvalue weighted by atomic mass is 16.5. The van der Waals surface area contributed by atoms with Gasteiger partial charge in [-0.1, -0.05) is 0 Å². The van der Waals surface area contributed by atoms with Gasteiger partial charge in [-0.15, -0.1) is 0 Å². The van der Waals surface area contributed by atoms with Crippen molar-refractivity contribution in [2.45, 2.75) is 69.4 Å². The lowest BCUT2D eigenvalue weighted by molar-refractivity contribution is -0.146. The van der Waals surface area contributed by atoms with Crippen LogP contribution in [0.2, 0.25) is 0 Å². The molecule has 1 amide bonds. The van der Waals surface area contributed by atoms with Crippen LogP contribution in [-0.2, 0) is 14.3 Å². The summed E-state index contributed by atoms with van der Waals surface area (Å²) in [5, 5.41) is 0. The molecule has 3 fully saturated rings. The Morgan fingerprint density at radius 2 is 2.10 bits per heavy atom. The van der Waals surface area contributed by atoms with Gasteiger partial charge >= 0.3 is 0 Å². The van der Waals surface area contributed by atoms with Gasteiger partial charge in [-0.05, 0) is 44.9 Å². The molecule has 3 rings (SSSR count). The summed E-state index contributed by atoms with van der Waals surface area (Å²) in [4.78, 5) is 26.6. The van der Waals surface area contributed by atoms with Crippen molar-refractivity contribution in [1.29, 1.82) is 0 Å². The van der Waals surface area contributed by atoms with Gasteiger partial charge in [-0.3, -0.25) is 9.59 Å². The SMILES string of the molecule is COC1(CC(=O)N2CCCC2C2CCCC2=O)CCC1. The topological polar surface area (TPSA) is 46.6 Å². The lowest BCUT2D eigenvalue weighted by Crippen LogP contribution is -2.48. The Morgan fingerprint density at radius 1 is 1.30 bits per heavy atom. The van der Waals surface area contributed by atoms with Crippen LogP contribution < -0.4 is 0 Å². The van der Waals surface area contributed by atoms with Crippen molar-refractivity contribution in [2.75, 3.05) is 13.7 Å². The Kier molecular flexibility index (Phi) is 3.85. The summed E-state index contributed by atoms with van der Waals surface area (Å²) in [6.07, 6.45) is 8.39. The van der Waals surface area contributed by atoms with Crippen LogP contribution in [0.4, 0.5) is 0 Å². The number of hydrogen-bond donors (Lipinski definition) is 0. The molecule has 2 atom stereocenters. The van der Waals surface area contributed by atoms with E-state index in [1.165, 1.54) is 0 Å². The third-order valence-corrected chi connectivity index (χ3v) is 5.61. The number of ketones is 1. The zero-order valence-electron chi connectivity index (χ0n) is 12.4. The first-order valence-corrected chi connectivity index (χ1v) is 8.02. The van der Waals surface area contributed by atoms with Crippen LogP contribution in [0.3, 0.4) is 0 Å². The molecule has 2 aliphatic carbocycles. The number of carbonyl (C=O) groups is 2. The van der Waals surface area contributed by atoms with E-state index in [4.69, 9.17) is 4.74 Å². The van der Waals surface area contributed by atoms with Crippen LogP contribution in [0, 0.1) is 5.92 Å². The van der Waals surface area contributed by atoms with Gasteiger partial charge in [0.2, 0.25) is 5.91 Å². The number of methoxy groups -OCH3 is 1. The molecule has 0 spiro atoms. The van der Waals surface area contributed by atoms with Crippen molar-refractivity contribution in [3.63, 3.8) is 0 Å². The molecular weight excluding hydrogens is 254 g/mol. The number of amides is 1. The van der Waals surface area contributed by atoms with Crippen LogP contribution in [0.25, 0.3) is 0 Å². The molecule has 0 aromatic carbocycles. The highest BCUT2D eigenvalue weighted by molar-refractivity contribution is 5.85. The number of carbonyl (C=O) groups excluding carboxylic acids is 2. The summed E-state index contributed by atoms with van der Waals surface area (Å²) in [6.45, 7) is 0.826. The van der Waals surface area contributed by atoms with Crippen molar-refractivity contribution < 1.29 is 14.3 Å². The third-order valence-electron chi connectivity index (χ3n) is 5.61. The Morgan fingerprint density at radius 3 is 2.65 bits per heavy atom. The minimum atomic E-state index is -0.204. The average molecular weight is 279 g/mol. The van der Waals surface area contributed by atoms with E-state index < -0.39 is 0 Å². The van der Waals surface area contributed by atoms with Crippen LogP contribution >= 0.6 is 0 Å². The Bertz CT molecular complexity index is 397. The molecule has 4 heteroatoms. The third kappa shape index (κ3) is 2.39. The Labute approximate surface area is 120 Å². The normalized spacial score (nSPS) is 32.5. The van der Waals surface area contributed by atoms with E-state index in [-0.39, 0.29) is 23.5 Å². The zero-order chi connectivity index (χ0) is 14.2. The largest absolute Gasteiger partial charge is 0.378 e. The maximum Gasteiger partial charge on any atom is 0.225 e. The van der Waals surface area contributed by atoms with Gasteiger partial charge < -0.3 is 9.64 Å². The van der Waals surface area contributed by atoms with Gasteiger partial charge in [0.25, 0.3) is 0 Å². The maximum atomic E-state index is 12.6. The molecule has 2 unspecified atom stereocenters. The predicted molar refractivity (Wildman–Crippen MR) is 75.3 cm³/mol.